The summed E-state index contributed by atoms with van der Waals surface area (Å²) in [7, 11) is 0. The van der Waals surface area contributed by atoms with Crippen molar-refractivity contribution in [1.82, 2.24) is 4.98 Å². The maximum atomic E-state index is 13.1. The molecule has 2 rings (SSSR count). The quantitative estimate of drug-likeness (QED) is 0.642. The third kappa shape index (κ3) is 1.09. The molecule has 0 spiro atoms. The molecule has 1 aromatic heterocycles. The van der Waals surface area contributed by atoms with Gasteiger partial charge in [-0.25, -0.2) is 9.37 Å². The summed E-state index contributed by atoms with van der Waals surface area (Å²) in [6.45, 7) is 0. The molecular weight excluding hydrogens is 157 g/mol. The maximum absolute atomic E-state index is 13.1. The van der Waals surface area contributed by atoms with Crippen molar-refractivity contribution < 1.29 is 8.81 Å². The fourth-order valence-corrected chi connectivity index (χ4v) is 0.953. The molecule has 0 saturated heterocycles. The number of aromatic nitrogens is 1. The zero-order chi connectivity index (χ0) is 8.39. The SMILES string of the molecule is Fc1cc[c]cc1-c1cocn1. The molecule has 1 radical (unpaired) electrons. The lowest BCUT2D eigenvalue weighted by Gasteiger charge is -1.95. The molecule has 0 aliphatic rings. The first-order chi connectivity index (χ1) is 5.88. The van der Waals surface area contributed by atoms with Crippen molar-refractivity contribution in [3.8, 4) is 11.3 Å². The maximum Gasteiger partial charge on any atom is 0.181 e. The zero-order valence-corrected chi connectivity index (χ0v) is 6.12. The second kappa shape index (κ2) is 2.77. The summed E-state index contributed by atoms with van der Waals surface area (Å²) in [5.41, 5.74) is 0.899. The highest BCUT2D eigenvalue weighted by Gasteiger charge is 2.05. The van der Waals surface area contributed by atoms with E-state index in [9.17, 15) is 4.39 Å². The molecule has 2 nitrogen and oxygen atoms in total. The standard InChI is InChI=1S/C9H5FNO/c10-8-4-2-1-3-7(8)9-5-12-6-11-9/h2-6H. The van der Waals surface area contributed by atoms with Crippen LogP contribution in [0.25, 0.3) is 11.3 Å². The average molecular weight is 162 g/mol. The second-order valence-electron chi connectivity index (χ2n) is 2.28. The molecule has 1 aromatic carbocycles. The molecule has 0 fully saturated rings. The minimum absolute atomic E-state index is 0.317. The molecule has 0 aliphatic carbocycles. The van der Waals surface area contributed by atoms with E-state index in [-0.39, 0.29) is 5.82 Å². The topological polar surface area (TPSA) is 26.0 Å². The lowest BCUT2D eigenvalue weighted by atomic mass is 10.2. The normalized spacial score (nSPS) is 10.1. The van der Waals surface area contributed by atoms with Gasteiger partial charge in [0.25, 0.3) is 0 Å². The summed E-state index contributed by atoms with van der Waals surface area (Å²) in [6, 6.07) is 7.15. The molecule has 0 atom stereocenters. The van der Waals surface area contributed by atoms with Gasteiger partial charge in [0.15, 0.2) is 6.39 Å². The molecule has 0 bridgehead atoms. The number of nitrogens with zero attached hydrogens (tertiary/aromatic N) is 1. The minimum Gasteiger partial charge on any atom is -0.451 e. The van der Waals surface area contributed by atoms with E-state index in [0.717, 1.165) is 0 Å². The Balaban J connectivity index is 2.55. The number of benzene rings is 1. The van der Waals surface area contributed by atoms with E-state index < -0.39 is 0 Å². The lowest BCUT2D eigenvalue weighted by Crippen LogP contribution is -1.82. The van der Waals surface area contributed by atoms with Crippen LogP contribution in [0.5, 0.6) is 0 Å². The fourth-order valence-electron chi connectivity index (χ4n) is 0.953. The van der Waals surface area contributed by atoms with Gasteiger partial charge in [0.2, 0.25) is 0 Å². The molecule has 0 unspecified atom stereocenters. The summed E-state index contributed by atoms with van der Waals surface area (Å²) in [5.74, 6) is -0.317. The highest BCUT2D eigenvalue weighted by Crippen LogP contribution is 2.19. The second-order valence-corrected chi connectivity index (χ2v) is 2.28. The third-order valence-electron chi connectivity index (χ3n) is 1.52. The monoisotopic (exact) mass is 162 g/mol. The van der Waals surface area contributed by atoms with Crippen molar-refractivity contribution in [3.05, 3.63) is 42.7 Å². The van der Waals surface area contributed by atoms with Crippen LogP contribution in [0.2, 0.25) is 0 Å². The van der Waals surface area contributed by atoms with Gasteiger partial charge in [-0.15, -0.1) is 0 Å². The predicted octanol–water partition coefficient (Wildman–Crippen LogP) is 2.28. The van der Waals surface area contributed by atoms with E-state index in [1.165, 1.54) is 30.9 Å². The van der Waals surface area contributed by atoms with Crippen LogP contribution in [0.1, 0.15) is 0 Å². The molecular formula is C9H5FNO. The Labute approximate surface area is 68.7 Å². The van der Waals surface area contributed by atoms with Crippen molar-refractivity contribution in [1.29, 1.82) is 0 Å². The molecule has 0 N–H and O–H groups in total. The molecule has 0 saturated carbocycles. The van der Waals surface area contributed by atoms with E-state index in [0.29, 0.717) is 11.3 Å². The van der Waals surface area contributed by atoms with Crippen LogP contribution in [0.3, 0.4) is 0 Å². The Morgan fingerprint density at radius 2 is 2.42 bits per heavy atom. The Hall–Kier alpha value is -1.64. The molecule has 3 heteroatoms. The van der Waals surface area contributed by atoms with Crippen molar-refractivity contribution in [2.75, 3.05) is 0 Å². The highest BCUT2D eigenvalue weighted by molar-refractivity contribution is 5.57. The summed E-state index contributed by atoms with van der Waals surface area (Å²) in [6.07, 6.45) is 2.66. The fraction of sp³-hybridized carbons (Fsp3) is 0. The summed E-state index contributed by atoms with van der Waals surface area (Å²) in [5, 5.41) is 0. The smallest absolute Gasteiger partial charge is 0.181 e. The molecule has 1 heterocycles. The van der Waals surface area contributed by atoms with Gasteiger partial charge in [-0.05, 0) is 18.2 Å². The van der Waals surface area contributed by atoms with Crippen LogP contribution in [-0.4, -0.2) is 4.98 Å². The first kappa shape index (κ1) is 7.03. The van der Waals surface area contributed by atoms with E-state index in [4.69, 9.17) is 4.42 Å². The number of halogens is 1. The number of rotatable bonds is 1. The van der Waals surface area contributed by atoms with Gasteiger partial charge >= 0.3 is 0 Å². The Morgan fingerprint density at radius 3 is 3.08 bits per heavy atom. The van der Waals surface area contributed by atoms with Gasteiger partial charge in [-0.3, -0.25) is 0 Å². The van der Waals surface area contributed by atoms with E-state index in [1.54, 1.807) is 0 Å². The third-order valence-corrected chi connectivity index (χ3v) is 1.52. The Morgan fingerprint density at radius 1 is 1.50 bits per heavy atom. The first-order valence-corrected chi connectivity index (χ1v) is 3.42. The van der Waals surface area contributed by atoms with Gasteiger partial charge in [0, 0.05) is 5.56 Å². The van der Waals surface area contributed by atoms with Crippen LogP contribution < -0.4 is 0 Å². The van der Waals surface area contributed by atoms with E-state index >= 15 is 0 Å². The first-order valence-electron chi connectivity index (χ1n) is 3.42. The predicted molar refractivity (Wildman–Crippen MR) is 40.7 cm³/mol. The van der Waals surface area contributed by atoms with Gasteiger partial charge in [0.1, 0.15) is 17.8 Å². The van der Waals surface area contributed by atoms with Crippen molar-refractivity contribution in [2.24, 2.45) is 0 Å². The van der Waals surface area contributed by atoms with Crippen LogP contribution in [-0.2, 0) is 0 Å². The van der Waals surface area contributed by atoms with Gasteiger partial charge in [0.05, 0.1) is 0 Å². The van der Waals surface area contributed by atoms with Crippen molar-refractivity contribution >= 4 is 0 Å². The van der Waals surface area contributed by atoms with Gasteiger partial charge < -0.3 is 4.42 Å². The van der Waals surface area contributed by atoms with Crippen LogP contribution in [0, 0.1) is 11.9 Å². The lowest BCUT2D eigenvalue weighted by molar-refractivity contribution is 0.558. The Kier molecular flexibility index (Phi) is 1.63. The van der Waals surface area contributed by atoms with Gasteiger partial charge in [-0.1, -0.05) is 6.07 Å². The number of oxazole rings is 1. The van der Waals surface area contributed by atoms with Crippen molar-refractivity contribution in [3.63, 3.8) is 0 Å². The summed E-state index contributed by atoms with van der Waals surface area (Å²) in [4.78, 5) is 3.82. The summed E-state index contributed by atoms with van der Waals surface area (Å²) >= 11 is 0. The van der Waals surface area contributed by atoms with Gasteiger partial charge in [-0.2, -0.15) is 0 Å². The average Bonchev–Trinajstić information content (AvgIpc) is 2.57. The van der Waals surface area contributed by atoms with Crippen LogP contribution >= 0.6 is 0 Å². The number of hydrogen-bond donors (Lipinski definition) is 0. The highest BCUT2D eigenvalue weighted by atomic mass is 19.1. The summed E-state index contributed by atoms with van der Waals surface area (Å²) < 4.78 is 17.8. The Bertz CT molecular complexity index is 370. The van der Waals surface area contributed by atoms with Crippen LogP contribution in [0.4, 0.5) is 4.39 Å². The zero-order valence-electron chi connectivity index (χ0n) is 6.12. The molecule has 12 heavy (non-hydrogen) atoms. The molecule has 0 aliphatic heterocycles. The molecule has 2 aromatic rings. The molecule has 0 amide bonds. The number of hydrogen-bond acceptors (Lipinski definition) is 2. The minimum atomic E-state index is -0.317. The van der Waals surface area contributed by atoms with Crippen molar-refractivity contribution in [2.45, 2.75) is 0 Å². The van der Waals surface area contributed by atoms with E-state index in [1.807, 2.05) is 0 Å². The van der Waals surface area contributed by atoms with Crippen LogP contribution in [0.15, 0.2) is 35.3 Å². The largest absolute Gasteiger partial charge is 0.451 e. The molecule has 59 valence electrons. The van der Waals surface area contributed by atoms with E-state index in [2.05, 4.69) is 11.1 Å².